The third kappa shape index (κ3) is 3.77. The summed E-state index contributed by atoms with van der Waals surface area (Å²) in [6, 6.07) is 44.3. The second-order valence-corrected chi connectivity index (χ2v) is 10.2. The molecule has 0 spiro atoms. The summed E-state index contributed by atoms with van der Waals surface area (Å²) in [7, 11) is 0. The average molecular weight is 473 g/mol. The Morgan fingerprint density at radius 3 is 1.89 bits per heavy atom. The highest BCUT2D eigenvalue weighted by atomic mass is 14.3. The van der Waals surface area contributed by atoms with Gasteiger partial charge in [-0.25, -0.2) is 0 Å². The van der Waals surface area contributed by atoms with E-state index in [0.717, 1.165) is 6.42 Å². The number of hydrogen-bond donors (Lipinski definition) is 0. The number of benzene rings is 6. The first kappa shape index (κ1) is 21.8. The highest BCUT2D eigenvalue weighted by Gasteiger charge is 2.23. The van der Waals surface area contributed by atoms with Gasteiger partial charge in [0.25, 0.3) is 0 Å². The molecule has 0 nitrogen and oxygen atoms in total. The van der Waals surface area contributed by atoms with Crippen molar-refractivity contribution in [2.45, 2.75) is 13.3 Å². The third-order valence-corrected chi connectivity index (χ3v) is 7.80. The van der Waals surface area contributed by atoms with Crippen molar-refractivity contribution in [2.24, 2.45) is 5.92 Å². The van der Waals surface area contributed by atoms with Gasteiger partial charge in [0.1, 0.15) is 0 Å². The van der Waals surface area contributed by atoms with E-state index in [4.69, 9.17) is 0 Å². The maximum atomic E-state index is 2.37. The van der Waals surface area contributed by atoms with Gasteiger partial charge >= 0.3 is 0 Å². The lowest BCUT2D eigenvalue weighted by Gasteiger charge is -2.26. The normalized spacial score (nSPS) is 14.7. The fourth-order valence-corrected chi connectivity index (χ4v) is 6.00. The molecule has 0 aromatic heterocycles. The molecule has 6 aromatic rings. The van der Waals surface area contributed by atoms with E-state index in [1.54, 1.807) is 0 Å². The quantitative estimate of drug-likeness (QED) is 0.240. The second-order valence-electron chi connectivity index (χ2n) is 10.2. The van der Waals surface area contributed by atoms with Crippen molar-refractivity contribution in [2.75, 3.05) is 0 Å². The molecule has 0 heterocycles. The van der Waals surface area contributed by atoms with Crippen molar-refractivity contribution in [1.82, 2.24) is 0 Å². The summed E-state index contributed by atoms with van der Waals surface area (Å²) in [6.07, 6.45) is 5.79. The number of fused-ring (bicyclic) bond motifs is 3. The van der Waals surface area contributed by atoms with Gasteiger partial charge in [0.2, 0.25) is 0 Å². The first-order valence-electron chi connectivity index (χ1n) is 13.2. The van der Waals surface area contributed by atoms with Gasteiger partial charge in [-0.2, -0.15) is 0 Å². The fourth-order valence-electron chi connectivity index (χ4n) is 6.00. The highest BCUT2D eigenvalue weighted by Crippen LogP contribution is 2.45. The molecule has 0 N–H and O–H groups in total. The van der Waals surface area contributed by atoms with Crippen LogP contribution in [0, 0.1) is 5.92 Å². The van der Waals surface area contributed by atoms with Crippen molar-refractivity contribution >= 4 is 27.6 Å². The maximum absolute atomic E-state index is 2.37. The van der Waals surface area contributed by atoms with Gasteiger partial charge in [-0.1, -0.05) is 134 Å². The van der Waals surface area contributed by atoms with E-state index in [0.29, 0.717) is 5.92 Å². The summed E-state index contributed by atoms with van der Waals surface area (Å²) in [5, 5.41) is 5.21. The Hall–Kier alpha value is -4.42. The molecular weight excluding hydrogens is 444 g/mol. The summed E-state index contributed by atoms with van der Waals surface area (Å²) >= 11 is 0. The zero-order valence-corrected chi connectivity index (χ0v) is 21.0. The van der Waals surface area contributed by atoms with Gasteiger partial charge in [-0.3, -0.25) is 0 Å². The molecule has 7 rings (SSSR count). The molecule has 0 saturated heterocycles. The van der Waals surface area contributed by atoms with Gasteiger partial charge in [0.05, 0.1) is 0 Å². The molecule has 1 aliphatic carbocycles. The summed E-state index contributed by atoms with van der Waals surface area (Å²) < 4.78 is 0. The van der Waals surface area contributed by atoms with Crippen LogP contribution in [-0.4, -0.2) is 0 Å². The Bertz CT molecular complexity index is 1790. The number of allylic oxidation sites excluding steroid dienone is 1. The first-order chi connectivity index (χ1) is 18.3. The lowest BCUT2D eigenvalue weighted by Crippen LogP contribution is -2.08. The molecule has 0 radical (unpaired) electrons. The fraction of sp³-hybridized carbons (Fsp3) is 0.0811. The molecule has 0 amide bonds. The Morgan fingerprint density at radius 2 is 1.11 bits per heavy atom. The van der Waals surface area contributed by atoms with Crippen molar-refractivity contribution in [3.63, 3.8) is 0 Å². The largest absolute Gasteiger partial charge is 0.0807 e. The SMILES string of the molecule is CC1C=Cc2c(c(-c3ccc(-c4ccc5ccccc5c4)cc3)c3ccccc3c2-c2ccccc2)C1. The monoisotopic (exact) mass is 472 g/mol. The van der Waals surface area contributed by atoms with E-state index < -0.39 is 0 Å². The van der Waals surface area contributed by atoms with E-state index in [2.05, 4.69) is 140 Å². The molecular formula is C37H28. The Kier molecular flexibility index (Phi) is 5.26. The van der Waals surface area contributed by atoms with Crippen LogP contribution < -0.4 is 0 Å². The van der Waals surface area contributed by atoms with Crippen LogP contribution in [0.2, 0.25) is 0 Å². The number of hydrogen-bond acceptors (Lipinski definition) is 0. The molecule has 176 valence electrons. The van der Waals surface area contributed by atoms with Gasteiger partial charge < -0.3 is 0 Å². The molecule has 6 aromatic carbocycles. The smallest absolute Gasteiger partial charge is 0.00297 e. The third-order valence-electron chi connectivity index (χ3n) is 7.80. The number of rotatable bonds is 3. The van der Waals surface area contributed by atoms with Gasteiger partial charge in [0.15, 0.2) is 0 Å². The van der Waals surface area contributed by atoms with Crippen LogP contribution >= 0.6 is 0 Å². The topological polar surface area (TPSA) is 0 Å². The molecule has 1 unspecified atom stereocenters. The van der Waals surface area contributed by atoms with Crippen molar-refractivity contribution in [3.05, 3.63) is 139 Å². The molecule has 1 aliphatic rings. The van der Waals surface area contributed by atoms with E-state index in [-0.39, 0.29) is 0 Å². The van der Waals surface area contributed by atoms with Gasteiger partial charge in [-0.05, 0) is 84.5 Å². The van der Waals surface area contributed by atoms with E-state index in [9.17, 15) is 0 Å². The summed E-state index contributed by atoms with van der Waals surface area (Å²) in [4.78, 5) is 0. The molecule has 37 heavy (non-hydrogen) atoms. The predicted molar refractivity (Wildman–Crippen MR) is 160 cm³/mol. The average Bonchev–Trinajstić information content (AvgIpc) is 2.96. The van der Waals surface area contributed by atoms with Crippen LogP contribution in [-0.2, 0) is 6.42 Å². The minimum atomic E-state index is 0.521. The van der Waals surface area contributed by atoms with Crippen molar-refractivity contribution in [1.29, 1.82) is 0 Å². The molecule has 1 atom stereocenters. The minimum Gasteiger partial charge on any atom is -0.0807 e. The van der Waals surface area contributed by atoms with Crippen molar-refractivity contribution < 1.29 is 0 Å². The molecule has 0 saturated carbocycles. The Morgan fingerprint density at radius 1 is 0.514 bits per heavy atom. The summed E-state index contributed by atoms with van der Waals surface area (Å²) in [5.41, 5.74) is 10.7. The van der Waals surface area contributed by atoms with Gasteiger partial charge in [0, 0.05) is 0 Å². The predicted octanol–water partition coefficient (Wildman–Crippen LogP) is 10.2. The van der Waals surface area contributed by atoms with Crippen LogP contribution in [0.1, 0.15) is 18.1 Å². The minimum absolute atomic E-state index is 0.521. The highest BCUT2D eigenvalue weighted by molar-refractivity contribution is 6.10. The lowest BCUT2D eigenvalue weighted by atomic mass is 9.78. The maximum Gasteiger partial charge on any atom is -0.00297 e. The molecule has 0 bridgehead atoms. The Balaban J connectivity index is 1.43. The second kappa shape index (κ2) is 8.91. The van der Waals surface area contributed by atoms with Crippen LogP contribution in [0.4, 0.5) is 0 Å². The molecule has 0 heteroatoms. The van der Waals surface area contributed by atoms with Crippen LogP contribution in [0.3, 0.4) is 0 Å². The van der Waals surface area contributed by atoms with Crippen LogP contribution in [0.25, 0.3) is 61.0 Å². The zero-order valence-electron chi connectivity index (χ0n) is 21.0. The van der Waals surface area contributed by atoms with Crippen LogP contribution in [0.5, 0.6) is 0 Å². The van der Waals surface area contributed by atoms with Crippen molar-refractivity contribution in [3.8, 4) is 33.4 Å². The molecule has 0 fully saturated rings. The van der Waals surface area contributed by atoms with E-state index in [1.165, 1.54) is 66.1 Å². The van der Waals surface area contributed by atoms with E-state index >= 15 is 0 Å². The summed E-state index contributed by atoms with van der Waals surface area (Å²) in [6.45, 7) is 2.32. The lowest BCUT2D eigenvalue weighted by molar-refractivity contribution is 0.719. The molecule has 0 aliphatic heterocycles. The first-order valence-corrected chi connectivity index (χ1v) is 13.2. The van der Waals surface area contributed by atoms with E-state index in [1.807, 2.05) is 0 Å². The van der Waals surface area contributed by atoms with Crippen LogP contribution in [0.15, 0.2) is 127 Å². The van der Waals surface area contributed by atoms with Gasteiger partial charge in [-0.15, -0.1) is 0 Å². The Labute approximate surface area is 218 Å². The standard InChI is InChI=1S/C37H28/c1-25-15-22-34-35(23-25)37(33-14-8-7-13-32(33)36(34)28-10-3-2-4-11-28)29-19-16-27(17-20-29)31-21-18-26-9-5-6-12-30(26)24-31/h2-22,24-25H,23H2,1H3. The summed E-state index contributed by atoms with van der Waals surface area (Å²) in [5.74, 6) is 0.521. The zero-order chi connectivity index (χ0) is 24.8.